The third-order valence-corrected chi connectivity index (χ3v) is 6.36. The van der Waals surface area contributed by atoms with E-state index in [-0.39, 0.29) is 23.7 Å². The van der Waals surface area contributed by atoms with Crippen molar-refractivity contribution < 1.29 is 14.6 Å². The van der Waals surface area contributed by atoms with Crippen LogP contribution < -0.4 is 4.74 Å². The highest BCUT2D eigenvalue weighted by Gasteiger charge is 2.50. The average Bonchev–Trinajstić information content (AvgIpc) is 2.63. The number of rotatable bonds is 3. The first-order valence-corrected chi connectivity index (χ1v) is 9.63. The van der Waals surface area contributed by atoms with Gasteiger partial charge in [0.2, 0.25) is 0 Å². The van der Waals surface area contributed by atoms with Crippen LogP contribution in [0.4, 0.5) is 0 Å². The van der Waals surface area contributed by atoms with Gasteiger partial charge in [-0.3, -0.25) is 0 Å². The molecule has 2 bridgehead atoms. The van der Waals surface area contributed by atoms with Crippen LogP contribution in [0.3, 0.4) is 0 Å². The minimum absolute atomic E-state index is 0.0250. The molecule has 2 aromatic carbocycles. The molecule has 5 atom stereocenters. The van der Waals surface area contributed by atoms with E-state index in [1.165, 1.54) is 5.56 Å². The fraction of sp³-hybridized carbons (Fsp3) is 0.478. The summed E-state index contributed by atoms with van der Waals surface area (Å²) < 4.78 is 12.5. The summed E-state index contributed by atoms with van der Waals surface area (Å²) in [6.07, 6.45) is 1.77. The number of aliphatic hydroxyl groups excluding tert-OH is 1. The van der Waals surface area contributed by atoms with Crippen LogP contribution in [0.1, 0.15) is 45.3 Å². The van der Waals surface area contributed by atoms with Gasteiger partial charge in [-0.05, 0) is 74.3 Å². The van der Waals surface area contributed by atoms with E-state index < -0.39 is 0 Å². The maximum atomic E-state index is 10.5. The van der Waals surface area contributed by atoms with Crippen molar-refractivity contribution >= 4 is 0 Å². The van der Waals surface area contributed by atoms with Gasteiger partial charge < -0.3 is 14.6 Å². The average molecular weight is 352 g/mol. The first kappa shape index (κ1) is 17.6. The molecule has 2 aromatic rings. The summed E-state index contributed by atoms with van der Waals surface area (Å²) in [6.45, 7) is 6.49. The number of hydrogen-bond donors (Lipinski definition) is 1. The Hall–Kier alpha value is -1.84. The lowest BCUT2D eigenvalue weighted by Crippen LogP contribution is -2.52. The van der Waals surface area contributed by atoms with E-state index >= 15 is 0 Å². The second-order valence-corrected chi connectivity index (χ2v) is 8.38. The van der Waals surface area contributed by atoms with Crippen molar-refractivity contribution in [1.82, 2.24) is 0 Å². The largest absolute Gasteiger partial charge is 0.457 e. The first-order chi connectivity index (χ1) is 12.4. The maximum absolute atomic E-state index is 10.5. The van der Waals surface area contributed by atoms with Crippen molar-refractivity contribution in [2.24, 2.45) is 17.8 Å². The quantitative estimate of drug-likeness (QED) is 0.809. The molecule has 0 amide bonds. The van der Waals surface area contributed by atoms with Crippen molar-refractivity contribution in [2.75, 3.05) is 0 Å². The molecule has 0 spiro atoms. The Morgan fingerprint density at radius 1 is 0.962 bits per heavy atom. The fourth-order valence-corrected chi connectivity index (χ4v) is 4.57. The SMILES string of the molecule is C[C@H]1C2CC(C[C@@H]1O)C(C)(C)O[C@H]2c1ccc(Oc2ccccc2)cc1. The standard InChI is InChI=1S/C23H28O3/c1-15-20-13-17(14-21(15)24)23(2,3)26-22(20)16-9-11-19(12-10-16)25-18-7-5-4-6-8-18/h4-12,15,17,20-22,24H,13-14H2,1-3H3/t15-,17?,20?,21-,22-/m0/s1. The lowest BCUT2D eigenvalue weighted by atomic mass is 9.63. The Morgan fingerprint density at radius 3 is 2.31 bits per heavy atom. The van der Waals surface area contributed by atoms with Gasteiger partial charge >= 0.3 is 0 Å². The molecule has 1 aliphatic heterocycles. The number of para-hydroxylation sites is 1. The van der Waals surface area contributed by atoms with Gasteiger partial charge in [-0.15, -0.1) is 0 Å². The molecule has 1 saturated carbocycles. The Morgan fingerprint density at radius 2 is 1.62 bits per heavy atom. The summed E-state index contributed by atoms with van der Waals surface area (Å²) in [6, 6.07) is 18.0. The molecule has 2 aliphatic rings. The summed E-state index contributed by atoms with van der Waals surface area (Å²) in [7, 11) is 0. The Bertz CT molecular complexity index is 738. The molecule has 4 rings (SSSR count). The van der Waals surface area contributed by atoms with Crippen LogP contribution in [0.5, 0.6) is 11.5 Å². The summed E-state index contributed by atoms with van der Waals surface area (Å²) in [5.41, 5.74) is 0.962. The molecule has 0 aromatic heterocycles. The maximum Gasteiger partial charge on any atom is 0.127 e. The van der Waals surface area contributed by atoms with Gasteiger partial charge in [-0.25, -0.2) is 0 Å². The fourth-order valence-electron chi connectivity index (χ4n) is 4.57. The highest BCUT2D eigenvalue weighted by molar-refractivity contribution is 5.34. The van der Waals surface area contributed by atoms with Crippen LogP contribution >= 0.6 is 0 Å². The third-order valence-electron chi connectivity index (χ3n) is 6.36. The molecule has 1 aliphatic carbocycles. The van der Waals surface area contributed by atoms with Crippen LogP contribution in [-0.2, 0) is 4.74 Å². The van der Waals surface area contributed by atoms with Crippen LogP contribution in [0.25, 0.3) is 0 Å². The molecule has 1 N–H and O–H groups in total. The van der Waals surface area contributed by atoms with Crippen LogP contribution in [0, 0.1) is 17.8 Å². The van der Waals surface area contributed by atoms with E-state index in [2.05, 4.69) is 32.9 Å². The second kappa shape index (κ2) is 6.71. The Labute approximate surface area is 156 Å². The molecule has 1 saturated heterocycles. The third kappa shape index (κ3) is 3.26. The van der Waals surface area contributed by atoms with Gasteiger partial charge in [0.15, 0.2) is 0 Å². The number of fused-ring (bicyclic) bond motifs is 2. The molecule has 2 fully saturated rings. The predicted molar refractivity (Wildman–Crippen MR) is 102 cm³/mol. The lowest BCUT2D eigenvalue weighted by Gasteiger charge is -2.53. The number of ether oxygens (including phenoxy) is 2. The van der Waals surface area contributed by atoms with Crippen molar-refractivity contribution in [3.05, 3.63) is 60.2 Å². The number of hydrogen-bond acceptors (Lipinski definition) is 3. The van der Waals surface area contributed by atoms with Crippen molar-refractivity contribution in [1.29, 1.82) is 0 Å². The second-order valence-electron chi connectivity index (χ2n) is 8.38. The van der Waals surface area contributed by atoms with Gasteiger partial charge in [0.05, 0.1) is 17.8 Å². The monoisotopic (exact) mass is 352 g/mol. The molecule has 3 nitrogen and oxygen atoms in total. The first-order valence-electron chi connectivity index (χ1n) is 9.63. The Balaban J connectivity index is 1.56. The number of aliphatic hydroxyl groups is 1. The normalized spacial score (nSPS) is 32.8. The van der Waals surface area contributed by atoms with E-state index in [9.17, 15) is 5.11 Å². The van der Waals surface area contributed by atoms with Gasteiger partial charge in [0.1, 0.15) is 11.5 Å². The molecule has 1 heterocycles. The zero-order chi connectivity index (χ0) is 18.3. The van der Waals surface area contributed by atoms with Crippen LogP contribution in [0.15, 0.2) is 54.6 Å². The van der Waals surface area contributed by atoms with E-state index in [1.807, 2.05) is 42.5 Å². The van der Waals surface area contributed by atoms with Gasteiger partial charge in [-0.2, -0.15) is 0 Å². The highest BCUT2D eigenvalue weighted by Crippen LogP contribution is 2.53. The zero-order valence-corrected chi connectivity index (χ0v) is 15.8. The molecule has 138 valence electrons. The number of benzene rings is 2. The predicted octanol–water partition coefficient (Wildman–Crippen LogP) is 5.35. The minimum Gasteiger partial charge on any atom is -0.457 e. The van der Waals surface area contributed by atoms with Crippen molar-refractivity contribution in [2.45, 2.75) is 51.4 Å². The van der Waals surface area contributed by atoms with Crippen molar-refractivity contribution in [3.8, 4) is 11.5 Å². The Kier molecular flexibility index (Phi) is 4.54. The summed E-state index contributed by atoms with van der Waals surface area (Å²) in [5, 5.41) is 10.5. The van der Waals surface area contributed by atoms with Crippen LogP contribution in [0.2, 0.25) is 0 Å². The molecule has 3 heteroatoms. The molecule has 26 heavy (non-hydrogen) atoms. The summed E-state index contributed by atoms with van der Waals surface area (Å²) >= 11 is 0. The van der Waals surface area contributed by atoms with E-state index in [0.29, 0.717) is 11.8 Å². The van der Waals surface area contributed by atoms with E-state index in [0.717, 1.165) is 24.3 Å². The van der Waals surface area contributed by atoms with Crippen molar-refractivity contribution in [3.63, 3.8) is 0 Å². The topological polar surface area (TPSA) is 38.7 Å². The minimum atomic E-state index is -0.231. The van der Waals surface area contributed by atoms with Gasteiger partial charge in [0.25, 0.3) is 0 Å². The smallest absolute Gasteiger partial charge is 0.127 e. The van der Waals surface area contributed by atoms with E-state index in [4.69, 9.17) is 9.47 Å². The highest BCUT2D eigenvalue weighted by atomic mass is 16.5. The van der Waals surface area contributed by atoms with Gasteiger partial charge in [0, 0.05) is 0 Å². The molecular formula is C23H28O3. The molecular weight excluding hydrogens is 324 g/mol. The molecule has 2 unspecified atom stereocenters. The zero-order valence-electron chi connectivity index (χ0n) is 15.8. The summed E-state index contributed by atoms with van der Waals surface area (Å²) in [4.78, 5) is 0. The lowest BCUT2D eigenvalue weighted by molar-refractivity contribution is -0.215. The van der Waals surface area contributed by atoms with E-state index in [1.54, 1.807) is 0 Å². The molecule has 0 radical (unpaired) electrons. The van der Waals surface area contributed by atoms with Gasteiger partial charge in [-0.1, -0.05) is 37.3 Å². The van der Waals surface area contributed by atoms with Crippen LogP contribution in [-0.4, -0.2) is 16.8 Å². The summed E-state index contributed by atoms with van der Waals surface area (Å²) in [5.74, 6) is 2.70.